The number of hydrogen-bond acceptors (Lipinski definition) is 5. The van der Waals surface area contributed by atoms with Crippen molar-refractivity contribution in [1.29, 1.82) is 0 Å². The fraction of sp³-hybridized carbons (Fsp3) is 0.0556. The number of hydrogen-bond donors (Lipinski definition) is 2. The Kier molecular flexibility index (Phi) is 5.04. The Morgan fingerprint density at radius 1 is 1.19 bits per heavy atom. The largest absolute Gasteiger partial charge is 0.508 e. The molecule has 1 fully saturated rings. The van der Waals surface area contributed by atoms with Gasteiger partial charge in [0.15, 0.2) is 0 Å². The quantitative estimate of drug-likeness (QED) is 0.805. The zero-order chi connectivity index (χ0) is 18.7. The predicted octanol–water partition coefficient (Wildman–Crippen LogP) is 3.21. The van der Waals surface area contributed by atoms with Gasteiger partial charge in [-0.1, -0.05) is 12.1 Å². The fourth-order valence-electron chi connectivity index (χ4n) is 2.28. The number of anilines is 1. The van der Waals surface area contributed by atoms with Crippen molar-refractivity contribution in [3.05, 3.63) is 64.8 Å². The monoisotopic (exact) mass is 372 g/mol. The Morgan fingerprint density at radius 2 is 1.92 bits per heavy atom. The Balaban J connectivity index is 1.69. The summed E-state index contributed by atoms with van der Waals surface area (Å²) in [6.45, 7) is -0.445. The molecule has 0 aromatic heterocycles. The second kappa shape index (κ2) is 7.40. The number of aromatic hydroxyl groups is 1. The minimum absolute atomic E-state index is 0.0386. The van der Waals surface area contributed by atoms with Crippen LogP contribution in [-0.2, 0) is 9.59 Å². The maximum absolute atomic E-state index is 12.9. The average Bonchev–Trinajstić information content (AvgIpc) is 2.84. The molecule has 1 aliphatic rings. The number of rotatable bonds is 4. The van der Waals surface area contributed by atoms with Crippen LogP contribution in [0.2, 0.25) is 0 Å². The zero-order valence-electron chi connectivity index (χ0n) is 13.3. The van der Waals surface area contributed by atoms with E-state index < -0.39 is 29.4 Å². The molecule has 132 valence electrons. The van der Waals surface area contributed by atoms with Crippen LogP contribution in [0.3, 0.4) is 0 Å². The van der Waals surface area contributed by atoms with Crippen LogP contribution in [0.15, 0.2) is 53.4 Å². The van der Waals surface area contributed by atoms with Gasteiger partial charge >= 0.3 is 0 Å². The molecule has 2 aromatic carbocycles. The number of carbonyl (C=O) groups is 3. The summed E-state index contributed by atoms with van der Waals surface area (Å²) in [5, 5.41) is 11.4. The number of phenols is 1. The smallest absolute Gasteiger partial charge is 0.294 e. The van der Waals surface area contributed by atoms with Crippen molar-refractivity contribution < 1.29 is 23.9 Å². The first-order valence-corrected chi connectivity index (χ1v) is 8.34. The standard InChI is InChI=1S/C18H13FN2O4S/c19-12-4-6-13(7-5-12)20-16(23)10-21-17(24)15(26-18(21)25)9-11-2-1-3-14(22)8-11/h1-9,22H,10H2,(H,20,23)/b15-9-. The lowest BCUT2D eigenvalue weighted by molar-refractivity contribution is -0.127. The average molecular weight is 372 g/mol. The van der Waals surface area contributed by atoms with E-state index in [1.165, 1.54) is 42.5 Å². The molecule has 0 bridgehead atoms. The van der Waals surface area contributed by atoms with Crippen LogP contribution in [0, 0.1) is 5.82 Å². The first kappa shape index (κ1) is 17.7. The highest BCUT2D eigenvalue weighted by molar-refractivity contribution is 8.18. The molecular weight excluding hydrogens is 359 g/mol. The van der Waals surface area contributed by atoms with E-state index in [1.54, 1.807) is 12.1 Å². The van der Waals surface area contributed by atoms with Crippen LogP contribution in [0.5, 0.6) is 5.75 Å². The molecule has 2 N–H and O–H groups in total. The van der Waals surface area contributed by atoms with Gasteiger partial charge < -0.3 is 10.4 Å². The summed E-state index contributed by atoms with van der Waals surface area (Å²) in [6.07, 6.45) is 1.47. The summed E-state index contributed by atoms with van der Waals surface area (Å²) in [7, 11) is 0. The lowest BCUT2D eigenvalue weighted by Gasteiger charge is -2.12. The number of imide groups is 1. The van der Waals surface area contributed by atoms with Gasteiger partial charge in [0.2, 0.25) is 5.91 Å². The van der Waals surface area contributed by atoms with E-state index in [2.05, 4.69) is 5.32 Å². The Bertz CT molecular complexity index is 912. The summed E-state index contributed by atoms with van der Waals surface area (Å²) >= 11 is 0.720. The van der Waals surface area contributed by atoms with Crippen molar-refractivity contribution in [2.75, 3.05) is 11.9 Å². The number of benzene rings is 2. The molecule has 0 aliphatic carbocycles. The van der Waals surface area contributed by atoms with Gasteiger partial charge in [0.1, 0.15) is 18.1 Å². The van der Waals surface area contributed by atoms with Crippen molar-refractivity contribution >= 4 is 40.6 Å². The predicted molar refractivity (Wildman–Crippen MR) is 95.8 cm³/mol. The number of nitrogens with zero attached hydrogens (tertiary/aromatic N) is 1. The third-order valence-corrected chi connectivity index (χ3v) is 4.38. The topological polar surface area (TPSA) is 86.7 Å². The number of amides is 3. The van der Waals surface area contributed by atoms with Crippen LogP contribution in [0.4, 0.5) is 14.9 Å². The van der Waals surface area contributed by atoms with Gasteiger partial charge in [0.25, 0.3) is 11.1 Å². The van der Waals surface area contributed by atoms with Gasteiger partial charge in [-0.2, -0.15) is 0 Å². The zero-order valence-corrected chi connectivity index (χ0v) is 14.1. The third-order valence-electron chi connectivity index (χ3n) is 3.47. The van der Waals surface area contributed by atoms with Crippen molar-refractivity contribution in [1.82, 2.24) is 4.90 Å². The Labute approximate surface area is 152 Å². The maximum Gasteiger partial charge on any atom is 0.294 e. The summed E-state index contributed by atoms with van der Waals surface area (Å²) < 4.78 is 12.9. The molecule has 0 spiro atoms. The van der Waals surface area contributed by atoms with Crippen molar-refractivity contribution in [3.63, 3.8) is 0 Å². The highest BCUT2D eigenvalue weighted by atomic mass is 32.2. The summed E-state index contributed by atoms with van der Waals surface area (Å²) in [5.74, 6) is -1.56. The molecule has 2 aromatic rings. The van der Waals surface area contributed by atoms with Gasteiger partial charge in [-0.3, -0.25) is 19.3 Å². The molecule has 1 heterocycles. The van der Waals surface area contributed by atoms with E-state index in [0.717, 1.165) is 16.7 Å². The van der Waals surface area contributed by atoms with Gasteiger partial charge in [-0.05, 0) is 59.8 Å². The number of thioether (sulfide) groups is 1. The fourth-order valence-corrected chi connectivity index (χ4v) is 3.12. The Morgan fingerprint density at radius 3 is 2.62 bits per heavy atom. The van der Waals surface area contributed by atoms with E-state index in [4.69, 9.17) is 0 Å². The Hall–Kier alpha value is -3.13. The van der Waals surface area contributed by atoms with Gasteiger partial charge in [0.05, 0.1) is 4.91 Å². The van der Waals surface area contributed by atoms with Crippen LogP contribution in [0.25, 0.3) is 6.08 Å². The van der Waals surface area contributed by atoms with Crippen molar-refractivity contribution in [2.24, 2.45) is 0 Å². The maximum atomic E-state index is 12.9. The minimum atomic E-state index is -0.586. The number of carbonyl (C=O) groups excluding carboxylic acids is 3. The summed E-state index contributed by atoms with van der Waals surface area (Å²) in [6, 6.07) is 11.4. The second-order valence-corrected chi connectivity index (χ2v) is 6.41. The molecule has 3 amide bonds. The SMILES string of the molecule is O=C(CN1C(=O)S/C(=C\c2cccc(O)c2)C1=O)Nc1ccc(F)cc1. The van der Waals surface area contributed by atoms with E-state index >= 15 is 0 Å². The molecule has 0 unspecified atom stereocenters. The molecule has 1 aliphatic heterocycles. The van der Waals surface area contributed by atoms with Crippen LogP contribution in [-0.4, -0.2) is 33.6 Å². The molecule has 6 nitrogen and oxygen atoms in total. The number of phenolic OH excluding ortho intramolecular Hbond substituents is 1. The normalized spacial score (nSPS) is 15.6. The second-order valence-electron chi connectivity index (χ2n) is 5.42. The molecule has 0 atom stereocenters. The van der Waals surface area contributed by atoms with E-state index in [0.29, 0.717) is 11.3 Å². The molecule has 3 rings (SSSR count). The first-order valence-electron chi connectivity index (χ1n) is 7.52. The molecule has 0 radical (unpaired) electrons. The van der Waals surface area contributed by atoms with E-state index in [9.17, 15) is 23.9 Å². The van der Waals surface area contributed by atoms with Gasteiger partial charge in [-0.25, -0.2) is 4.39 Å². The summed E-state index contributed by atoms with van der Waals surface area (Å²) in [5.41, 5.74) is 0.921. The third kappa shape index (κ3) is 4.09. The van der Waals surface area contributed by atoms with Crippen molar-refractivity contribution in [3.8, 4) is 5.75 Å². The van der Waals surface area contributed by atoms with Crippen LogP contribution in [0.1, 0.15) is 5.56 Å². The lowest BCUT2D eigenvalue weighted by atomic mass is 10.2. The number of halogens is 1. The summed E-state index contributed by atoms with van der Waals surface area (Å²) in [4.78, 5) is 37.4. The highest BCUT2D eigenvalue weighted by Gasteiger charge is 2.36. The van der Waals surface area contributed by atoms with Crippen LogP contribution < -0.4 is 5.32 Å². The van der Waals surface area contributed by atoms with Gasteiger partial charge in [0, 0.05) is 5.69 Å². The lowest BCUT2D eigenvalue weighted by Crippen LogP contribution is -2.36. The van der Waals surface area contributed by atoms with Gasteiger partial charge in [-0.15, -0.1) is 0 Å². The van der Waals surface area contributed by atoms with Crippen LogP contribution >= 0.6 is 11.8 Å². The van der Waals surface area contributed by atoms with Crippen molar-refractivity contribution in [2.45, 2.75) is 0 Å². The minimum Gasteiger partial charge on any atom is -0.508 e. The van der Waals surface area contributed by atoms with E-state index in [1.807, 2.05) is 0 Å². The number of nitrogens with one attached hydrogen (secondary N) is 1. The molecule has 0 saturated carbocycles. The first-order chi connectivity index (χ1) is 12.4. The molecule has 8 heteroatoms. The molecular formula is C18H13FN2O4S. The van der Waals surface area contributed by atoms with E-state index in [-0.39, 0.29) is 10.7 Å². The highest BCUT2D eigenvalue weighted by Crippen LogP contribution is 2.32. The molecule has 26 heavy (non-hydrogen) atoms. The molecule has 1 saturated heterocycles.